The SMILES string of the molecule is O=C(CCCc1cccnc1)NCCCc1ccccc1. The van der Waals surface area contributed by atoms with E-state index in [0.717, 1.165) is 32.2 Å². The van der Waals surface area contributed by atoms with E-state index in [1.807, 2.05) is 36.5 Å². The van der Waals surface area contributed by atoms with E-state index in [-0.39, 0.29) is 5.91 Å². The van der Waals surface area contributed by atoms with Gasteiger partial charge < -0.3 is 5.32 Å². The summed E-state index contributed by atoms with van der Waals surface area (Å²) in [6, 6.07) is 14.3. The maximum atomic E-state index is 11.7. The van der Waals surface area contributed by atoms with Crippen LogP contribution in [0.5, 0.6) is 0 Å². The fourth-order valence-corrected chi connectivity index (χ4v) is 2.25. The normalized spacial score (nSPS) is 10.3. The number of pyridine rings is 1. The summed E-state index contributed by atoms with van der Waals surface area (Å²) >= 11 is 0. The van der Waals surface area contributed by atoms with Gasteiger partial charge >= 0.3 is 0 Å². The standard InChI is InChI=1S/C18H22N2O/c21-18(12-4-9-17-11-5-13-19-15-17)20-14-6-10-16-7-2-1-3-8-16/h1-3,5,7-8,11,13,15H,4,6,9-10,12,14H2,(H,20,21). The fourth-order valence-electron chi connectivity index (χ4n) is 2.25. The van der Waals surface area contributed by atoms with Crippen molar-refractivity contribution in [1.82, 2.24) is 10.3 Å². The van der Waals surface area contributed by atoms with Gasteiger partial charge in [-0.05, 0) is 42.9 Å². The summed E-state index contributed by atoms with van der Waals surface area (Å²) in [7, 11) is 0. The van der Waals surface area contributed by atoms with Crippen LogP contribution in [0.15, 0.2) is 54.9 Å². The third-order valence-electron chi connectivity index (χ3n) is 3.40. The smallest absolute Gasteiger partial charge is 0.220 e. The number of amides is 1. The second-order valence-electron chi connectivity index (χ2n) is 5.15. The van der Waals surface area contributed by atoms with Crippen molar-refractivity contribution >= 4 is 5.91 Å². The predicted molar refractivity (Wildman–Crippen MR) is 84.9 cm³/mol. The van der Waals surface area contributed by atoms with E-state index in [4.69, 9.17) is 0 Å². The molecule has 2 aromatic rings. The molecule has 0 unspecified atom stereocenters. The van der Waals surface area contributed by atoms with Crippen LogP contribution in [0.1, 0.15) is 30.4 Å². The van der Waals surface area contributed by atoms with Crippen LogP contribution < -0.4 is 5.32 Å². The lowest BCUT2D eigenvalue weighted by Crippen LogP contribution is -2.24. The lowest BCUT2D eigenvalue weighted by molar-refractivity contribution is -0.121. The molecule has 0 saturated heterocycles. The summed E-state index contributed by atoms with van der Waals surface area (Å²) in [5, 5.41) is 2.98. The van der Waals surface area contributed by atoms with Gasteiger partial charge in [0.2, 0.25) is 5.91 Å². The van der Waals surface area contributed by atoms with Crippen molar-refractivity contribution < 1.29 is 4.79 Å². The molecule has 3 heteroatoms. The Kier molecular flexibility index (Phi) is 6.46. The van der Waals surface area contributed by atoms with Gasteiger partial charge in [-0.2, -0.15) is 0 Å². The van der Waals surface area contributed by atoms with E-state index in [9.17, 15) is 4.79 Å². The number of nitrogens with zero attached hydrogens (tertiary/aromatic N) is 1. The van der Waals surface area contributed by atoms with Gasteiger partial charge in [-0.1, -0.05) is 36.4 Å². The number of hydrogen-bond acceptors (Lipinski definition) is 2. The van der Waals surface area contributed by atoms with Gasteiger partial charge in [-0.15, -0.1) is 0 Å². The monoisotopic (exact) mass is 282 g/mol. The van der Waals surface area contributed by atoms with Crippen molar-refractivity contribution in [2.45, 2.75) is 32.1 Å². The van der Waals surface area contributed by atoms with Crippen LogP contribution in [0.4, 0.5) is 0 Å². The maximum Gasteiger partial charge on any atom is 0.220 e. The first-order valence-corrected chi connectivity index (χ1v) is 7.54. The summed E-state index contributed by atoms with van der Waals surface area (Å²) in [4.78, 5) is 15.8. The largest absolute Gasteiger partial charge is 0.356 e. The molecule has 3 nitrogen and oxygen atoms in total. The van der Waals surface area contributed by atoms with Gasteiger partial charge in [-0.3, -0.25) is 9.78 Å². The Bertz CT molecular complexity index is 525. The summed E-state index contributed by atoms with van der Waals surface area (Å²) < 4.78 is 0. The zero-order chi connectivity index (χ0) is 14.8. The second-order valence-corrected chi connectivity index (χ2v) is 5.15. The number of rotatable bonds is 8. The minimum Gasteiger partial charge on any atom is -0.356 e. The zero-order valence-corrected chi connectivity index (χ0v) is 12.3. The highest BCUT2D eigenvalue weighted by atomic mass is 16.1. The van der Waals surface area contributed by atoms with Crippen molar-refractivity contribution in [1.29, 1.82) is 0 Å². The Balaban J connectivity index is 1.54. The van der Waals surface area contributed by atoms with Crippen LogP contribution in [-0.4, -0.2) is 17.4 Å². The first kappa shape index (κ1) is 15.2. The molecule has 0 radical (unpaired) electrons. The van der Waals surface area contributed by atoms with E-state index in [1.165, 1.54) is 11.1 Å². The van der Waals surface area contributed by atoms with Crippen molar-refractivity contribution in [3.05, 3.63) is 66.0 Å². The van der Waals surface area contributed by atoms with Gasteiger partial charge in [0, 0.05) is 25.4 Å². The van der Waals surface area contributed by atoms with E-state index in [2.05, 4.69) is 22.4 Å². The molecule has 1 heterocycles. The first-order chi connectivity index (χ1) is 10.3. The summed E-state index contributed by atoms with van der Waals surface area (Å²) in [6.45, 7) is 0.751. The van der Waals surface area contributed by atoms with Crippen molar-refractivity contribution in [2.75, 3.05) is 6.54 Å². The minimum atomic E-state index is 0.145. The van der Waals surface area contributed by atoms with E-state index >= 15 is 0 Å². The van der Waals surface area contributed by atoms with E-state index < -0.39 is 0 Å². The molecule has 2 rings (SSSR count). The quantitative estimate of drug-likeness (QED) is 0.756. The van der Waals surface area contributed by atoms with Gasteiger partial charge in [0.05, 0.1) is 0 Å². The molecule has 0 aliphatic carbocycles. The molecule has 0 aliphatic heterocycles. The minimum absolute atomic E-state index is 0.145. The molecule has 0 saturated carbocycles. The zero-order valence-electron chi connectivity index (χ0n) is 12.3. The van der Waals surface area contributed by atoms with Crippen LogP contribution in [0.2, 0.25) is 0 Å². The maximum absolute atomic E-state index is 11.7. The van der Waals surface area contributed by atoms with Crippen molar-refractivity contribution in [3.63, 3.8) is 0 Å². The molecule has 0 aliphatic rings. The molecular weight excluding hydrogens is 260 g/mol. The second kappa shape index (κ2) is 8.90. The topological polar surface area (TPSA) is 42.0 Å². The number of aromatic nitrogens is 1. The van der Waals surface area contributed by atoms with E-state index in [1.54, 1.807) is 6.20 Å². The number of hydrogen-bond donors (Lipinski definition) is 1. The van der Waals surface area contributed by atoms with Crippen molar-refractivity contribution in [3.8, 4) is 0 Å². The first-order valence-electron chi connectivity index (χ1n) is 7.54. The lowest BCUT2D eigenvalue weighted by atomic mass is 10.1. The van der Waals surface area contributed by atoms with Crippen LogP contribution >= 0.6 is 0 Å². The van der Waals surface area contributed by atoms with Crippen LogP contribution in [0, 0.1) is 0 Å². The molecule has 1 aromatic heterocycles. The molecule has 0 atom stereocenters. The Hall–Kier alpha value is -2.16. The van der Waals surface area contributed by atoms with Gasteiger partial charge in [0.15, 0.2) is 0 Å². The molecule has 0 fully saturated rings. The average molecular weight is 282 g/mol. The number of aryl methyl sites for hydroxylation is 2. The van der Waals surface area contributed by atoms with Crippen molar-refractivity contribution in [2.24, 2.45) is 0 Å². The molecule has 0 bridgehead atoms. The predicted octanol–water partition coefficient (Wildman–Crippen LogP) is 3.15. The Morgan fingerprint density at radius 3 is 2.48 bits per heavy atom. The van der Waals surface area contributed by atoms with Crippen LogP contribution in [0.3, 0.4) is 0 Å². The number of benzene rings is 1. The summed E-state index contributed by atoms with van der Waals surface area (Å²) in [6.07, 6.45) is 7.98. The Morgan fingerprint density at radius 1 is 0.952 bits per heavy atom. The van der Waals surface area contributed by atoms with E-state index in [0.29, 0.717) is 6.42 Å². The molecule has 21 heavy (non-hydrogen) atoms. The Morgan fingerprint density at radius 2 is 1.71 bits per heavy atom. The molecule has 1 amide bonds. The highest BCUT2D eigenvalue weighted by Crippen LogP contribution is 2.03. The number of carbonyl (C=O) groups excluding carboxylic acids is 1. The highest BCUT2D eigenvalue weighted by Gasteiger charge is 2.01. The molecular formula is C18H22N2O. The van der Waals surface area contributed by atoms with Gasteiger partial charge in [0.1, 0.15) is 0 Å². The molecule has 0 spiro atoms. The highest BCUT2D eigenvalue weighted by molar-refractivity contribution is 5.75. The summed E-state index contributed by atoms with van der Waals surface area (Å²) in [5.74, 6) is 0.145. The third-order valence-corrected chi connectivity index (χ3v) is 3.40. The summed E-state index contributed by atoms with van der Waals surface area (Å²) in [5.41, 5.74) is 2.51. The van der Waals surface area contributed by atoms with Gasteiger partial charge in [-0.25, -0.2) is 0 Å². The van der Waals surface area contributed by atoms with Crippen LogP contribution in [0.25, 0.3) is 0 Å². The molecule has 1 N–H and O–H groups in total. The molecule has 110 valence electrons. The molecule has 1 aromatic carbocycles. The average Bonchev–Trinajstić information content (AvgIpc) is 2.54. The lowest BCUT2D eigenvalue weighted by Gasteiger charge is -2.05. The Labute approximate surface area is 126 Å². The third kappa shape index (κ3) is 6.21. The number of nitrogens with one attached hydrogen (secondary N) is 1. The van der Waals surface area contributed by atoms with Crippen LogP contribution in [-0.2, 0) is 17.6 Å². The number of carbonyl (C=O) groups is 1. The van der Waals surface area contributed by atoms with Gasteiger partial charge in [0.25, 0.3) is 0 Å². The fraction of sp³-hybridized carbons (Fsp3) is 0.333.